The Balaban J connectivity index is 2.20. The molecule has 0 aliphatic heterocycles. The van der Waals surface area contributed by atoms with Gasteiger partial charge in [0.05, 0.1) is 11.6 Å². The molecule has 0 bridgehead atoms. The van der Waals surface area contributed by atoms with Crippen molar-refractivity contribution in [3.05, 3.63) is 34.8 Å². The van der Waals surface area contributed by atoms with Crippen LogP contribution in [0.5, 0.6) is 0 Å². The van der Waals surface area contributed by atoms with Gasteiger partial charge in [-0.2, -0.15) is 0 Å². The molecule has 0 aliphatic carbocycles. The molecule has 1 unspecified atom stereocenters. The average Bonchev–Trinajstić information content (AvgIpc) is 2.72. The maximum atomic E-state index is 12.1. The highest BCUT2D eigenvalue weighted by Gasteiger charge is 2.21. The molecular formula is C15H18N2O4. The fraction of sp³-hybridized carbons (Fsp3) is 0.400. The van der Waals surface area contributed by atoms with E-state index in [1.54, 1.807) is 24.3 Å². The minimum atomic E-state index is -0.588. The smallest absolute Gasteiger partial charge is 0.408 e. The number of aromatic nitrogens is 1. The molecule has 6 heteroatoms. The Morgan fingerprint density at radius 1 is 1.29 bits per heavy atom. The summed E-state index contributed by atoms with van der Waals surface area (Å²) in [6.07, 6.45) is 0. The second kappa shape index (κ2) is 5.95. The number of hydrogen-bond donors (Lipinski definition) is 1. The van der Waals surface area contributed by atoms with Crippen LogP contribution in [0, 0.1) is 5.92 Å². The van der Waals surface area contributed by atoms with Gasteiger partial charge in [0.1, 0.15) is 6.54 Å². The molecule has 1 aromatic heterocycles. The Hall–Kier alpha value is -2.37. The molecule has 1 atom stereocenters. The molecule has 1 amide bonds. The van der Waals surface area contributed by atoms with Gasteiger partial charge in [-0.1, -0.05) is 26.0 Å². The predicted octanol–water partition coefficient (Wildman–Crippen LogP) is 1.32. The van der Waals surface area contributed by atoms with E-state index in [2.05, 4.69) is 5.32 Å². The van der Waals surface area contributed by atoms with Crippen LogP contribution >= 0.6 is 0 Å². The Labute approximate surface area is 121 Å². The summed E-state index contributed by atoms with van der Waals surface area (Å²) in [5, 5.41) is 2.66. The molecule has 112 valence electrons. The molecule has 0 spiro atoms. The van der Waals surface area contributed by atoms with Gasteiger partial charge < -0.3 is 9.73 Å². The van der Waals surface area contributed by atoms with Crippen LogP contribution in [0.3, 0.4) is 0 Å². The van der Waals surface area contributed by atoms with Crippen LogP contribution in [-0.2, 0) is 16.1 Å². The number of nitrogens with one attached hydrogen (secondary N) is 1. The van der Waals surface area contributed by atoms with Crippen LogP contribution in [0.2, 0.25) is 0 Å². The lowest BCUT2D eigenvalue weighted by Gasteiger charge is -2.19. The summed E-state index contributed by atoms with van der Waals surface area (Å²) in [5.74, 6) is -1.10. The van der Waals surface area contributed by atoms with Crippen molar-refractivity contribution in [3.63, 3.8) is 0 Å². The van der Waals surface area contributed by atoms with Crippen LogP contribution in [0.15, 0.2) is 33.5 Å². The van der Waals surface area contributed by atoms with E-state index in [9.17, 15) is 14.4 Å². The van der Waals surface area contributed by atoms with E-state index in [4.69, 9.17) is 4.42 Å². The fourth-order valence-electron chi connectivity index (χ4n) is 2.26. The second-order valence-corrected chi connectivity index (χ2v) is 5.32. The molecule has 0 saturated heterocycles. The summed E-state index contributed by atoms with van der Waals surface area (Å²) in [4.78, 5) is 35.3. The van der Waals surface area contributed by atoms with Crippen LogP contribution in [0.1, 0.15) is 20.8 Å². The van der Waals surface area contributed by atoms with Gasteiger partial charge in [0.2, 0.25) is 5.91 Å². The van der Waals surface area contributed by atoms with E-state index in [0.717, 1.165) is 0 Å². The normalized spacial score (nSPS) is 12.6. The Bertz CT molecular complexity index is 727. The molecule has 2 aromatic rings. The Morgan fingerprint density at radius 3 is 2.57 bits per heavy atom. The van der Waals surface area contributed by atoms with Crippen LogP contribution in [-0.4, -0.2) is 22.3 Å². The number of ketones is 1. The largest absolute Gasteiger partial charge is 0.420 e. The zero-order chi connectivity index (χ0) is 15.6. The predicted molar refractivity (Wildman–Crippen MR) is 77.9 cm³/mol. The third-order valence-corrected chi connectivity index (χ3v) is 3.30. The quantitative estimate of drug-likeness (QED) is 0.900. The first kappa shape index (κ1) is 15.0. The third-order valence-electron chi connectivity index (χ3n) is 3.30. The summed E-state index contributed by atoms with van der Waals surface area (Å²) in [6.45, 7) is 4.97. The number of Topliss-reactive ketones (excluding diaryl/α,β-unsaturated/α-hetero) is 1. The van der Waals surface area contributed by atoms with E-state index in [-0.39, 0.29) is 18.2 Å². The van der Waals surface area contributed by atoms with Crippen LogP contribution in [0.25, 0.3) is 11.1 Å². The summed E-state index contributed by atoms with van der Waals surface area (Å²) < 4.78 is 6.31. The third kappa shape index (κ3) is 3.21. The maximum absolute atomic E-state index is 12.1. The number of carbonyl (C=O) groups is 2. The molecule has 1 N–H and O–H groups in total. The van der Waals surface area contributed by atoms with E-state index >= 15 is 0 Å². The number of para-hydroxylation sites is 2. The number of carbonyl (C=O) groups excluding carboxylic acids is 2. The highest BCUT2D eigenvalue weighted by Crippen LogP contribution is 2.11. The fourth-order valence-corrected chi connectivity index (χ4v) is 2.26. The maximum Gasteiger partial charge on any atom is 0.420 e. The van der Waals surface area contributed by atoms with Gasteiger partial charge in [-0.3, -0.25) is 14.2 Å². The number of oxazole rings is 1. The number of nitrogens with zero attached hydrogens (tertiary/aromatic N) is 1. The van der Waals surface area contributed by atoms with Crippen molar-refractivity contribution in [1.82, 2.24) is 9.88 Å². The van der Waals surface area contributed by atoms with Gasteiger partial charge >= 0.3 is 5.76 Å². The highest BCUT2D eigenvalue weighted by atomic mass is 16.4. The van der Waals surface area contributed by atoms with E-state index in [0.29, 0.717) is 11.1 Å². The summed E-state index contributed by atoms with van der Waals surface area (Å²) in [6, 6.07) is 6.33. The zero-order valence-corrected chi connectivity index (χ0v) is 12.3. The first-order valence-electron chi connectivity index (χ1n) is 6.78. The number of amides is 1. The van der Waals surface area contributed by atoms with E-state index in [1.807, 2.05) is 13.8 Å². The van der Waals surface area contributed by atoms with Crippen molar-refractivity contribution in [1.29, 1.82) is 0 Å². The van der Waals surface area contributed by atoms with Crippen molar-refractivity contribution in [2.24, 2.45) is 5.92 Å². The second-order valence-electron chi connectivity index (χ2n) is 5.32. The first-order valence-corrected chi connectivity index (χ1v) is 6.78. The molecule has 1 aromatic carbocycles. The molecule has 0 aliphatic rings. The van der Waals surface area contributed by atoms with E-state index < -0.39 is 17.7 Å². The lowest BCUT2D eigenvalue weighted by Crippen LogP contribution is -2.45. The molecule has 6 nitrogen and oxygen atoms in total. The van der Waals surface area contributed by atoms with Crippen molar-refractivity contribution in [2.45, 2.75) is 33.4 Å². The first-order chi connectivity index (χ1) is 9.90. The summed E-state index contributed by atoms with van der Waals surface area (Å²) in [7, 11) is 0. The van der Waals surface area contributed by atoms with Gasteiger partial charge in [0.25, 0.3) is 0 Å². The van der Waals surface area contributed by atoms with Gasteiger partial charge in [-0.15, -0.1) is 0 Å². The van der Waals surface area contributed by atoms with Gasteiger partial charge in [0.15, 0.2) is 11.4 Å². The average molecular weight is 290 g/mol. The molecule has 0 fully saturated rings. The number of fused-ring (bicyclic) bond motifs is 1. The lowest BCUT2D eigenvalue weighted by molar-refractivity contribution is -0.128. The summed E-state index contributed by atoms with van der Waals surface area (Å²) >= 11 is 0. The number of benzene rings is 1. The SMILES string of the molecule is CC(=O)C(NC(=O)Cn1c(=O)oc2ccccc21)C(C)C. The number of hydrogen-bond acceptors (Lipinski definition) is 4. The standard InChI is InChI=1S/C15H18N2O4/c1-9(2)14(10(3)18)16-13(19)8-17-11-6-4-5-7-12(11)21-15(17)20/h4-7,9,14H,8H2,1-3H3,(H,16,19). The van der Waals surface area contributed by atoms with Crippen molar-refractivity contribution in [2.75, 3.05) is 0 Å². The van der Waals surface area contributed by atoms with Crippen LogP contribution < -0.4 is 11.1 Å². The topological polar surface area (TPSA) is 81.3 Å². The van der Waals surface area contributed by atoms with Gasteiger partial charge in [0, 0.05) is 0 Å². The van der Waals surface area contributed by atoms with E-state index in [1.165, 1.54) is 11.5 Å². The summed E-state index contributed by atoms with van der Waals surface area (Å²) in [5.41, 5.74) is 0.990. The monoisotopic (exact) mass is 290 g/mol. The lowest BCUT2D eigenvalue weighted by atomic mass is 10.0. The Morgan fingerprint density at radius 2 is 1.95 bits per heavy atom. The van der Waals surface area contributed by atoms with Crippen molar-refractivity contribution in [3.8, 4) is 0 Å². The van der Waals surface area contributed by atoms with Crippen molar-refractivity contribution >= 4 is 22.8 Å². The highest BCUT2D eigenvalue weighted by molar-refractivity contribution is 5.88. The zero-order valence-electron chi connectivity index (χ0n) is 12.3. The minimum Gasteiger partial charge on any atom is -0.408 e. The Kier molecular flexibility index (Phi) is 4.26. The van der Waals surface area contributed by atoms with Crippen molar-refractivity contribution < 1.29 is 14.0 Å². The molecular weight excluding hydrogens is 272 g/mol. The molecule has 2 rings (SSSR count). The molecule has 21 heavy (non-hydrogen) atoms. The van der Waals surface area contributed by atoms with Gasteiger partial charge in [-0.25, -0.2) is 4.79 Å². The number of rotatable bonds is 5. The molecule has 0 saturated carbocycles. The van der Waals surface area contributed by atoms with Gasteiger partial charge in [-0.05, 0) is 25.0 Å². The molecule has 0 radical (unpaired) electrons. The van der Waals surface area contributed by atoms with Crippen LogP contribution in [0.4, 0.5) is 0 Å². The minimum absolute atomic E-state index is 0.00994. The molecule has 1 heterocycles.